The van der Waals surface area contributed by atoms with E-state index in [1.54, 1.807) is 14.1 Å². The van der Waals surface area contributed by atoms with Crippen LogP contribution >= 0.6 is 24.0 Å². The number of halogens is 1. The zero-order valence-electron chi connectivity index (χ0n) is 17.5. The molecule has 1 aromatic heterocycles. The van der Waals surface area contributed by atoms with Crippen molar-refractivity contribution in [2.45, 2.75) is 34.2 Å². The van der Waals surface area contributed by atoms with Gasteiger partial charge in [-0.05, 0) is 45.4 Å². The predicted molar refractivity (Wildman–Crippen MR) is 125 cm³/mol. The number of para-hydroxylation sites is 1. The minimum Gasteiger partial charge on any atom is -0.359 e. The van der Waals surface area contributed by atoms with Crippen LogP contribution in [0.25, 0.3) is 5.69 Å². The summed E-state index contributed by atoms with van der Waals surface area (Å²) in [6, 6.07) is 10.2. The summed E-state index contributed by atoms with van der Waals surface area (Å²) in [5.74, 6) is 0.635. The number of rotatable bonds is 6. The quantitative estimate of drug-likeness (QED) is 0.325. The Balaban J connectivity index is 0.00000392. The first-order valence-electron chi connectivity index (χ1n) is 9.06. The molecule has 0 aliphatic rings. The van der Waals surface area contributed by atoms with Crippen LogP contribution in [0.4, 0.5) is 0 Å². The summed E-state index contributed by atoms with van der Waals surface area (Å²) in [5, 5.41) is 13.8. The molecule has 0 aliphatic carbocycles. The van der Waals surface area contributed by atoms with Crippen molar-refractivity contribution in [2.75, 3.05) is 20.6 Å². The lowest BCUT2D eigenvalue weighted by molar-refractivity contribution is -0.128. The number of hydrogen-bond acceptors (Lipinski definition) is 3. The number of benzene rings is 1. The fourth-order valence-electron chi connectivity index (χ4n) is 2.86. The Labute approximate surface area is 184 Å². The largest absolute Gasteiger partial charge is 0.359 e. The van der Waals surface area contributed by atoms with Gasteiger partial charge in [0.2, 0.25) is 5.91 Å². The van der Waals surface area contributed by atoms with E-state index in [4.69, 9.17) is 0 Å². The molecule has 0 atom stereocenters. The van der Waals surface area contributed by atoms with Gasteiger partial charge in [0.1, 0.15) is 0 Å². The fourth-order valence-corrected chi connectivity index (χ4v) is 2.86. The van der Waals surface area contributed by atoms with Gasteiger partial charge in [0.25, 0.3) is 0 Å². The highest BCUT2D eigenvalue weighted by Gasteiger charge is 2.26. The Morgan fingerprint density at radius 2 is 1.89 bits per heavy atom. The molecule has 2 aromatic rings. The number of aromatic nitrogens is 2. The zero-order chi connectivity index (χ0) is 20.0. The van der Waals surface area contributed by atoms with E-state index < -0.39 is 5.41 Å². The van der Waals surface area contributed by atoms with Gasteiger partial charge in [0, 0.05) is 32.9 Å². The number of hydrogen-bond donors (Lipinski definition) is 3. The molecular formula is C20H31IN6O. The molecule has 3 N–H and O–H groups in total. The van der Waals surface area contributed by atoms with Crippen molar-refractivity contribution < 1.29 is 4.79 Å². The first kappa shape index (κ1) is 23.9. The summed E-state index contributed by atoms with van der Waals surface area (Å²) < 4.78 is 1.96. The summed E-state index contributed by atoms with van der Waals surface area (Å²) in [6.07, 6.45) is 0. The Bertz CT molecular complexity index is 828. The van der Waals surface area contributed by atoms with Crippen molar-refractivity contribution in [1.29, 1.82) is 0 Å². The second kappa shape index (κ2) is 10.4. The topological polar surface area (TPSA) is 83.3 Å². The molecule has 0 radical (unpaired) electrons. The molecule has 28 heavy (non-hydrogen) atoms. The Morgan fingerprint density at radius 3 is 2.46 bits per heavy atom. The van der Waals surface area contributed by atoms with Crippen LogP contribution < -0.4 is 16.0 Å². The number of amides is 1. The lowest BCUT2D eigenvalue weighted by Gasteiger charge is -2.24. The van der Waals surface area contributed by atoms with Gasteiger partial charge in [0.15, 0.2) is 5.96 Å². The van der Waals surface area contributed by atoms with Crippen LogP contribution in [-0.4, -0.2) is 42.3 Å². The van der Waals surface area contributed by atoms with Crippen LogP contribution in [0.5, 0.6) is 0 Å². The summed E-state index contributed by atoms with van der Waals surface area (Å²) >= 11 is 0. The molecule has 0 saturated heterocycles. The number of carbonyl (C=O) groups is 1. The lowest BCUT2D eigenvalue weighted by atomic mass is 9.92. The second-order valence-corrected chi connectivity index (χ2v) is 7.21. The van der Waals surface area contributed by atoms with E-state index in [1.807, 2.05) is 44.5 Å². The van der Waals surface area contributed by atoms with E-state index in [9.17, 15) is 4.79 Å². The van der Waals surface area contributed by atoms with Crippen molar-refractivity contribution in [3.05, 3.63) is 47.3 Å². The molecule has 0 unspecified atom stereocenters. The Hall–Kier alpha value is -2.10. The predicted octanol–water partition coefficient (Wildman–Crippen LogP) is 2.54. The lowest BCUT2D eigenvalue weighted by Crippen LogP contribution is -2.47. The maximum atomic E-state index is 11.9. The summed E-state index contributed by atoms with van der Waals surface area (Å²) in [4.78, 5) is 16.2. The average molecular weight is 498 g/mol. The van der Waals surface area contributed by atoms with Crippen molar-refractivity contribution in [3.8, 4) is 5.69 Å². The number of nitrogens with one attached hydrogen (secondary N) is 3. The Kier molecular flexibility index (Phi) is 8.93. The number of nitrogens with zero attached hydrogens (tertiary/aromatic N) is 3. The van der Waals surface area contributed by atoms with Crippen LogP contribution in [0.15, 0.2) is 35.3 Å². The van der Waals surface area contributed by atoms with Crippen molar-refractivity contribution in [3.63, 3.8) is 0 Å². The van der Waals surface area contributed by atoms with Gasteiger partial charge in [-0.15, -0.1) is 24.0 Å². The van der Waals surface area contributed by atoms with Crippen molar-refractivity contribution >= 4 is 35.8 Å². The van der Waals surface area contributed by atoms with E-state index >= 15 is 0 Å². The molecule has 0 aliphatic heterocycles. The molecule has 8 heteroatoms. The maximum absolute atomic E-state index is 11.9. The molecule has 7 nitrogen and oxygen atoms in total. The molecule has 0 bridgehead atoms. The number of carbonyl (C=O) groups excluding carboxylic acids is 1. The molecule has 2 rings (SSSR count). The van der Waals surface area contributed by atoms with E-state index in [1.165, 1.54) is 0 Å². The van der Waals surface area contributed by atoms with Crippen LogP contribution in [0, 0.1) is 19.3 Å². The third-order valence-electron chi connectivity index (χ3n) is 4.44. The van der Waals surface area contributed by atoms with E-state index in [-0.39, 0.29) is 29.9 Å². The first-order valence-corrected chi connectivity index (χ1v) is 9.06. The maximum Gasteiger partial charge on any atom is 0.227 e. The van der Waals surface area contributed by atoms with E-state index in [0.717, 1.165) is 22.6 Å². The van der Waals surface area contributed by atoms with Gasteiger partial charge in [-0.2, -0.15) is 5.10 Å². The SMILES string of the molecule is CN=C(NCc1ccccc1-n1nc(C)cc1C)NCC(C)(C)C(=O)NC.I. The highest BCUT2D eigenvalue weighted by atomic mass is 127. The average Bonchev–Trinajstić information content (AvgIpc) is 2.99. The summed E-state index contributed by atoms with van der Waals surface area (Å²) in [6.45, 7) is 8.89. The molecule has 1 heterocycles. The van der Waals surface area contributed by atoms with Crippen molar-refractivity contribution in [1.82, 2.24) is 25.7 Å². The molecular weight excluding hydrogens is 467 g/mol. The molecule has 0 fully saturated rings. The fraction of sp³-hybridized carbons (Fsp3) is 0.450. The molecule has 0 saturated carbocycles. The molecule has 0 spiro atoms. The number of aliphatic imine (C=N–C) groups is 1. The first-order chi connectivity index (χ1) is 12.8. The van der Waals surface area contributed by atoms with E-state index in [2.05, 4.69) is 44.2 Å². The molecule has 154 valence electrons. The van der Waals surface area contributed by atoms with Gasteiger partial charge >= 0.3 is 0 Å². The standard InChI is InChI=1S/C20H30N6O.HI/c1-14-11-15(2)26(25-14)17-10-8-7-9-16(17)12-23-19(22-6)24-13-20(3,4)18(27)21-5;/h7-11H,12-13H2,1-6H3,(H,21,27)(H2,22,23,24);1H. The summed E-state index contributed by atoms with van der Waals surface area (Å²) in [7, 11) is 3.36. The minimum atomic E-state index is -0.534. The second-order valence-electron chi connectivity index (χ2n) is 7.21. The minimum absolute atomic E-state index is 0. The molecule has 1 amide bonds. The monoisotopic (exact) mass is 498 g/mol. The third kappa shape index (κ3) is 5.95. The normalized spacial score (nSPS) is 11.6. The molecule has 1 aromatic carbocycles. The van der Waals surface area contributed by atoms with Gasteiger partial charge in [-0.1, -0.05) is 18.2 Å². The van der Waals surface area contributed by atoms with Gasteiger partial charge in [-0.25, -0.2) is 4.68 Å². The van der Waals surface area contributed by atoms with Crippen molar-refractivity contribution in [2.24, 2.45) is 10.4 Å². The third-order valence-corrected chi connectivity index (χ3v) is 4.44. The van der Waals surface area contributed by atoms with Gasteiger partial charge in [0.05, 0.1) is 16.8 Å². The van der Waals surface area contributed by atoms with Gasteiger partial charge < -0.3 is 16.0 Å². The summed E-state index contributed by atoms with van der Waals surface area (Å²) in [5.41, 5.74) is 3.70. The van der Waals surface area contributed by atoms with Crippen LogP contribution in [0.2, 0.25) is 0 Å². The number of guanidine groups is 1. The Morgan fingerprint density at radius 1 is 1.21 bits per heavy atom. The van der Waals surface area contributed by atoms with Crippen LogP contribution in [0.1, 0.15) is 30.8 Å². The number of aryl methyl sites for hydroxylation is 2. The highest BCUT2D eigenvalue weighted by Crippen LogP contribution is 2.17. The van der Waals surface area contributed by atoms with Gasteiger partial charge in [-0.3, -0.25) is 9.79 Å². The smallest absolute Gasteiger partial charge is 0.227 e. The van der Waals surface area contributed by atoms with Crippen LogP contribution in [0.3, 0.4) is 0 Å². The van der Waals surface area contributed by atoms with E-state index in [0.29, 0.717) is 19.0 Å². The van der Waals surface area contributed by atoms with Crippen LogP contribution in [-0.2, 0) is 11.3 Å². The highest BCUT2D eigenvalue weighted by molar-refractivity contribution is 14.0. The zero-order valence-corrected chi connectivity index (χ0v) is 19.8.